The predicted molar refractivity (Wildman–Crippen MR) is 88.0 cm³/mol. The number of rotatable bonds is 5. The van der Waals surface area contributed by atoms with Crippen LogP contribution >= 0.6 is 0 Å². The van der Waals surface area contributed by atoms with Crippen LogP contribution < -0.4 is 5.32 Å². The fourth-order valence-electron chi connectivity index (χ4n) is 4.03. The van der Waals surface area contributed by atoms with E-state index < -0.39 is 0 Å². The van der Waals surface area contributed by atoms with Crippen molar-refractivity contribution in [2.24, 2.45) is 11.8 Å². The lowest BCUT2D eigenvalue weighted by molar-refractivity contribution is -0.133. The zero-order valence-corrected chi connectivity index (χ0v) is 14.4. The second-order valence-electron chi connectivity index (χ2n) is 7.67. The molecule has 0 aromatic rings. The van der Waals surface area contributed by atoms with Crippen LogP contribution in [0.15, 0.2) is 0 Å². The summed E-state index contributed by atoms with van der Waals surface area (Å²) >= 11 is 0. The lowest BCUT2D eigenvalue weighted by Crippen LogP contribution is -2.44. The fourth-order valence-corrected chi connectivity index (χ4v) is 4.03. The van der Waals surface area contributed by atoms with Gasteiger partial charge >= 0.3 is 0 Å². The molecule has 0 aromatic heterocycles. The molecule has 2 rings (SSSR count). The summed E-state index contributed by atoms with van der Waals surface area (Å²) in [5, 5.41) is 3.63. The van der Waals surface area contributed by atoms with Crippen LogP contribution in [-0.4, -0.2) is 29.1 Å². The number of nitrogens with zero attached hydrogens (tertiary/aromatic N) is 1. The second kappa shape index (κ2) is 7.62. The molecule has 1 aliphatic carbocycles. The van der Waals surface area contributed by atoms with E-state index in [4.69, 9.17) is 0 Å². The summed E-state index contributed by atoms with van der Waals surface area (Å²) in [6.07, 6.45) is 9.77. The summed E-state index contributed by atoms with van der Waals surface area (Å²) in [5.41, 5.74) is 0. The Bertz CT molecular complexity index is 342. The third-order valence-corrected chi connectivity index (χ3v) is 5.17. The van der Waals surface area contributed by atoms with Crippen molar-refractivity contribution in [2.45, 2.75) is 97.3 Å². The number of hydrogen-bond donors (Lipinski definition) is 1. The van der Waals surface area contributed by atoms with E-state index in [0.717, 1.165) is 25.2 Å². The number of nitrogens with one attached hydrogen (secondary N) is 1. The largest absolute Gasteiger partial charge is 0.323 e. The van der Waals surface area contributed by atoms with Crippen LogP contribution in [0.1, 0.15) is 79.1 Å². The minimum absolute atomic E-state index is 0.0576. The van der Waals surface area contributed by atoms with E-state index in [0.29, 0.717) is 17.9 Å². The highest BCUT2D eigenvalue weighted by Crippen LogP contribution is 2.31. The molecule has 1 aliphatic heterocycles. The maximum atomic E-state index is 12.9. The Balaban J connectivity index is 2.07. The van der Waals surface area contributed by atoms with E-state index in [1.54, 1.807) is 0 Å². The first-order valence-electron chi connectivity index (χ1n) is 9.11. The average molecular weight is 294 g/mol. The van der Waals surface area contributed by atoms with Gasteiger partial charge in [-0.15, -0.1) is 0 Å². The summed E-state index contributed by atoms with van der Waals surface area (Å²) in [6.45, 7) is 8.99. The Morgan fingerprint density at radius 2 is 2.00 bits per heavy atom. The summed E-state index contributed by atoms with van der Waals surface area (Å²) in [7, 11) is 0. The molecule has 2 fully saturated rings. The maximum Gasteiger partial charge on any atom is 0.241 e. The molecule has 1 saturated heterocycles. The molecular weight excluding hydrogens is 260 g/mol. The minimum Gasteiger partial charge on any atom is -0.323 e. The molecule has 4 atom stereocenters. The first-order chi connectivity index (χ1) is 10.0. The number of carbonyl (C=O) groups is 1. The summed E-state index contributed by atoms with van der Waals surface area (Å²) in [5.74, 6) is 1.78. The van der Waals surface area contributed by atoms with Crippen LogP contribution in [0.2, 0.25) is 0 Å². The molecule has 3 nitrogen and oxygen atoms in total. The van der Waals surface area contributed by atoms with Crippen molar-refractivity contribution < 1.29 is 4.79 Å². The van der Waals surface area contributed by atoms with Gasteiger partial charge in [0.05, 0.1) is 12.2 Å². The highest BCUT2D eigenvalue weighted by atomic mass is 16.2. The monoisotopic (exact) mass is 294 g/mol. The summed E-state index contributed by atoms with van der Waals surface area (Å²) in [4.78, 5) is 15.1. The van der Waals surface area contributed by atoms with Crippen molar-refractivity contribution in [3.63, 3.8) is 0 Å². The first-order valence-corrected chi connectivity index (χ1v) is 9.11. The van der Waals surface area contributed by atoms with Gasteiger partial charge in [-0.25, -0.2) is 0 Å². The molecule has 21 heavy (non-hydrogen) atoms. The van der Waals surface area contributed by atoms with E-state index >= 15 is 0 Å². The van der Waals surface area contributed by atoms with Crippen LogP contribution in [0.25, 0.3) is 0 Å². The van der Waals surface area contributed by atoms with Gasteiger partial charge in [-0.3, -0.25) is 10.1 Å². The molecule has 0 aromatic carbocycles. The summed E-state index contributed by atoms with van der Waals surface area (Å²) in [6, 6.07) is 0.533. The van der Waals surface area contributed by atoms with E-state index in [2.05, 4.69) is 37.9 Å². The van der Waals surface area contributed by atoms with Crippen molar-refractivity contribution in [1.29, 1.82) is 0 Å². The van der Waals surface area contributed by atoms with Gasteiger partial charge in [-0.05, 0) is 43.9 Å². The molecule has 4 unspecified atom stereocenters. The van der Waals surface area contributed by atoms with Gasteiger partial charge in [0.1, 0.15) is 0 Å². The van der Waals surface area contributed by atoms with Crippen LogP contribution in [0.3, 0.4) is 0 Å². The number of hydrogen-bond acceptors (Lipinski definition) is 2. The van der Waals surface area contributed by atoms with Gasteiger partial charge in [0, 0.05) is 6.04 Å². The second-order valence-corrected chi connectivity index (χ2v) is 7.67. The molecule has 2 aliphatic rings. The van der Waals surface area contributed by atoms with E-state index in [1.807, 2.05) is 0 Å². The molecule has 0 radical (unpaired) electrons. The smallest absolute Gasteiger partial charge is 0.241 e. The Hall–Kier alpha value is -0.570. The minimum atomic E-state index is 0.0576. The Morgan fingerprint density at radius 1 is 1.24 bits per heavy atom. The number of carbonyl (C=O) groups excluding carboxylic acids is 1. The summed E-state index contributed by atoms with van der Waals surface area (Å²) < 4.78 is 0. The Morgan fingerprint density at radius 3 is 2.67 bits per heavy atom. The van der Waals surface area contributed by atoms with Crippen molar-refractivity contribution in [3.05, 3.63) is 0 Å². The lowest BCUT2D eigenvalue weighted by atomic mass is 10.0. The van der Waals surface area contributed by atoms with Crippen molar-refractivity contribution in [2.75, 3.05) is 0 Å². The highest BCUT2D eigenvalue weighted by Gasteiger charge is 2.42. The molecular formula is C18H34N2O. The normalized spacial score (nSPS) is 34.5. The number of amides is 1. The molecule has 1 saturated carbocycles. The molecule has 0 bridgehead atoms. The van der Waals surface area contributed by atoms with Crippen LogP contribution in [0.4, 0.5) is 0 Å². The molecule has 1 amide bonds. The third kappa shape index (κ3) is 4.21. The van der Waals surface area contributed by atoms with E-state index in [-0.39, 0.29) is 12.2 Å². The van der Waals surface area contributed by atoms with Gasteiger partial charge in [-0.2, -0.15) is 0 Å². The standard InChI is InChI=1S/C18H34N2O/c1-5-7-17-19-16(12-13(2)3)18(21)20(17)15-9-6-8-14(4)10-11-15/h13-17,19H,5-12H2,1-4H3. The van der Waals surface area contributed by atoms with Gasteiger partial charge in [0.2, 0.25) is 5.91 Å². The maximum absolute atomic E-state index is 12.9. The molecule has 0 spiro atoms. The molecule has 122 valence electrons. The van der Waals surface area contributed by atoms with Gasteiger partial charge in [-0.1, -0.05) is 47.0 Å². The first kappa shape index (κ1) is 16.8. The topological polar surface area (TPSA) is 32.3 Å². The van der Waals surface area contributed by atoms with Gasteiger partial charge in [0.15, 0.2) is 0 Å². The zero-order valence-electron chi connectivity index (χ0n) is 14.4. The third-order valence-electron chi connectivity index (χ3n) is 5.17. The van der Waals surface area contributed by atoms with Crippen LogP contribution in [-0.2, 0) is 4.79 Å². The molecule has 1 heterocycles. The van der Waals surface area contributed by atoms with Crippen LogP contribution in [0, 0.1) is 11.8 Å². The average Bonchev–Trinajstić information content (AvgIpc) is 2.60. The quantitative estimate of drug-likeness (QED) is 0.779. The Kier molecular flexibility index (Phi) is 6.09. The van der Waals surface area contributed by atoms with Gasteiger partial charge < -0.3 is 4.90 Å². The van der Waals surface area contributed by atoms with Crippen molar-refractivity contribution >= 4 is 5.91 Å². The van der Waals surface area contributed by atoms with Crippen LogP contribution in [0.5, 0.6) is 0 Å². The lowest BCUT2D eigenvalue weighted by Gasteiger charge is -2.32. The molecule has 1 N–H and O–H groups in total. The van der Waals surface area contributed by atoms with E-state index in [9.17, 15) is 4.79 Å². The van der Waals surface area contributed by atoms with Gasteiger partial charge in [0.25, 0.3) is 0 Å². The molecule has 3 heteroatoms. The fraction of sp³-hybridized carbons (Fsp3) is 0.944. The van der Waals surface area contributed by atoms with Crippen molar-refractivity contribution in [1.82, 2.24) is 10.2 Å². The highest BCUT2D eigenvalue weighted by molar-refractivity contribution is 5.84. The van der Waals surface area contributed by atoms with Crippen molar-refractivity contribution in [3.8, 4) is 0 Å². The predicted octanol–water partition coefficient (Wildman–Crippen LogP) is 3.93. The SMILES string of the molecule is CCCC1NC(CC(C)C)C(=O)N1C1CCCC(C)CC1. The zero-order chi connectivity index (χ0) is 15.4. The Labute approximate surface area is 130 Å². The van der Waals surface area contributed by atoms with E-state index in [1.165, 1.54) is 32.1 Å².